The van der Waals surface area contributed by atoms with Crippen molar-refractivity contribution in [3.63, 3.8) is 0 Å². The van der Waals surface area contributed by atoms with Crippen LogP contribution in [0.4, 0.5) is 24.2 Å². The van der Waals surface area contributed by atoms with E-state index in [1.165, 1.54) is 49.2 Å². The summed E-state index contributed by atoms with van der Waals surface area (Å²) in [5, 5.41) is 30.8. The van der Waals surface area contributed by atoms with E-state index < -0.39 is 17.7 Å². The van der Waals surface area contributed by atoms with E-state index in [-0.39, 0.29) is 58.0 Å². The fraction of sp³-hybridized carbons (Fsp3) is 0.400. The number of nitrogens with zero attached hydrogens (tertiary/aromatic N) is 5. The number of hydrogen-bond acceptors (Lipinski definition) is 14. The number of phenols is 2. The van der Waals surface area contributed by atoms with Crippen LogP contribution < -0.4 is 20.9 Å². The van der Waals surface area contributed by atoms with Crippen molar-refractivity contribution >= 4 is 51.4 Å². The number of benzene rings is 4. The van der Waals surface area contributed by atoms with Gasteiger partial charge in [-0.3, -0.25) is 0 Å². The average Bonchev–Trinajstić information content (AvgIpc) is 3.33. The number of hydrogen-bond donors (Lipinski definition) is 5. The molecule has 6 aromatic rings. The summed E-state index contributed by atoms with van der Waals surface area (Å²) in [6, 6.07) is 19.7. The van der Waals surface area contributed by atoms with Gasteiger partial charge in [0.05, 0.1) is 35.4 Å². The second-order valence-corrected chi connectivity index (χ2v) is 17.1. The molecule has 0 unspecified atom stereocenters. The molecular weight excluding hydrogens is 914 g/mol. The number of aryl methyl sites for hydroxylation is 2. The Hall–Kier alpha value is -6.47. The molecule has 368 valence electrons. The lowest BCUT2D eigenvalue weighted by Gasteiger charge is -2.34. The van der Waals surface area contributed by atoms with Gasteiger partial charge in [0.2, 0.25) is 0 Å². The first-order valence-corrected chi connectivity index (χ1v) is 23.2. The van der Waals surface area contributed by atoms with Crippen molar-refractivity contribution in [3.8, 4) is 34.3 Å². The van der Waals surface area contributed by atoms with Crippen molar-refractivity contribution in [2.75, 3.05) is 84.8 Å². The number of amides is 2. The number of ether oxygens (including phenoxy) is 4. The van der Waals surface area contributed by atoms with Gasteiger partial charge in [-0.2, -0.15) is 0 Å². The summed E-state index contributed by atoms with van der Waals surface area (Å²) in [5.41, 5.74) is 3.27. The third-order valence-electron chi connectivity index (χ3n) is 11.4. The molecule has 69 heavy (non-hydrogen) atoms. The van der Waals surface area contributed by atoms with Crippen molar-refractivity contribution in [3.05, 3.63) is 101 Å². The molecular formula is C50H59ClF2N8O8. The quantitative estimate of drug-likeness (QED) is 0.0545. The van der Waals surface area contributed by atoms with Crippen LogP contribution in [0.2, 0.25) is 5.15 Å². The standard InChI is InChI=1S/C25H29FN4O4.C15H10ClFN2O.C10H20N2O3/c1-16-8-9-18-20(13-16)28-23(22-19(26)6-3-7-21(22)31)29-24(18)30-10-4-5-17(15-30)14-27-25(32)34-12-11-33-2;1-8-5-6-9-11(7-8)18-15(19-14(9)16)13-10(17)3-2-4-12(13)20;1-14-5-6-15-10(13)12-8-9-3-2-4-11-7-9/h3,6-9,13,17,31H,4-5,10-12,14-15H2,1-2H3,(H,27,32);2-7,20H,1H3;9,11H,2-8H2,1H3,(H,12,13)/t17-;;9-/m0.1/s1. The van der Waals surface area contributed by atoms with E-state index in [1.807, 2.05) is 50.2 Å². The maximum Gasteiger partial charge on any atom is 0.407 e. The van der Waals surface area contributed by atoms with Crippen LogP contribution >= 0.6 is 11.6 Å². The fourth-order valence-electron chi connectivity index (χ4n) is 7.87. The summed E-state index contributed by atoms with van der Waals surface area (Å²) in [5.74, 6) is 0.0556. The first-order chi connectivity index (χ1) is 33.3. The molecule has 4 heterocycles. The number of fused-ring (bicyclic) bond motifs is 2. The van der Waals surface area contributed by atoms with Gasteiger partial charge in [-0.1, -0.05) is 35.9 Å². The molecule has 8 rings (SSSR count). The topological polar surface area (TPSA) is 202 Å². The van der Waals surface area contributed by atoms with Gasteiger partial charge >= 0.3 is 12.2 Å². The number of phenolic OH excluding ortho intramolecular Hbond substituents is 2. The molecule has 19 heteroatoms. The van der Waals surface area contributed by atoms with E-state index in [1.54, 1.807) is 14.2 Å². The molecule has 2 amide bonds. The van der Waals surface area contributed by atoms with E-state index in [0.717, 1.165) is 49.0 Å². The smallest absolute Gasteiger partial charge is 0.407 e. The number of halogens is 3. The monoisotopic (exact) mass is 972 g/mol. The molecule has 5 N–H and O–H groups in total. The SMILES string of the molecule is COCCOC(=O)NC[C@@H]1CCCN(c2nc(-c3c(O)cccc3F)nc3cc(C)ccc23)C1.COCCOC(=O)NC[C@@H]1CCCNC1.Cc1ccc2c(Cl)nc(-c3c(O)cccc3F)nc2c1. The largest absolute Gasteiger partial charge is 0.507 e. The minimum atomic E-state index is -0.590. The highest BCUT2D eigenvalue weighted by Crippen LogP contribution is 2.36. The number of rotatable bonds is 13. The number of carbonyl (C=O) groups is 2. The van der Waals surface area contributed by atoms with E-state index in [4.69, 9.17) is 35.5 Å². The zero-order chi connectivity index (χ0) is 49.3. The molecule has 2 atom stereocenters. The van der Waals surface area contributed by atoms with Crippen LogP contribution in [0.15, 0.2) is 72.8 Å². The molecule has 4 aromatic carbocycles. The molecule has 0 spiro atoms. The second kappa shape index (κ2) is 25.8. The summed E-state index contributed by atoms with van der Waals surface area (Å²) < 4.78 is 48.1. The lowest BCUT2D eigenvalue weighted by atomic mass is 9.97. The molecule has 2 aromatic heterocycles. The third-order valence-corrected chi connectivity index (χ3v) is 11.7. The Labute approximate surface area is 404 Å². The number of piperidine rings is 2. The molecule has 2 fully saturated rings. The molecule has 2 aliphatic heterocycles. The molecule has 16 nitrogen and oxygen atoms in total. The van der Waals surface area contributed by atoms with Gasteiger partial charge in [0.15, 0.2) is 11.6 Å². The normalized spacial score (nSPS) is 15.6. The van der Waals surface area contributed by atoms with Gasteiger partial charge in [0.1, 0.15) is 47.3 Å². The van der Waals surface area contributed by atoms with Crippen LogP contribution in [0, 0.1) is 37.3 Å². The Bertz CT molecular complexity index is 2640. The summed E-state index contributed by atoms with van der Waals surface area (Å²) in [6.45, 7) is 9.90. The number of carbonyl (C=O) groups excluding carboxylic acids is 2. The number of aromatic nitrogens is 4. The lowest BCUT2D eigenvalue weighted by molar-refractivity contribution is 0.0972. The molecule has 0 saturated carbocycles. The fourth-order valence-corrected chi connectivity index (χ4v) is 8.11. The summed E-state index contributed by atoms with van der Waals surface area (Å²) in [6.07, 6.45) is 3.42. The maximum atomic E-state index is 14.6. The van der Waals surface area contributed by atoms with Crippen molar-refractivity contribution in [1.29, 1.82) is 0 Å². The highest BCUT2D eigenvalue weighted by molar-refractivity contribution is 6.34. The van der Waals surface area contributed by atoms with E-state index in [9.17, 15) is 28.6 Å². The zero-order valence-corrected chi connectivity index (χ0v) is 40.0. The highest BCUT2D eigenvalue weighted by atomic mass is 35.5. The van der Waals surface area contributed by atoms with E-state index in [2.05, 4.69) is 35.8 Å². The molecule has 2 aliphatic rings. The summed E-state index contributed by atoms with van der Waals surface area (Å²) in [7, 11) is 3.13. The maximum absolute atomic E-state index is 14.6. The molecule has 0 aliphatic carbocycles. The van der Waals surface area contributed by atoms with Gasteiger partial charge < -0.3 is 50.0 Å². The predicted octanol–water partition coefficient (Wildman–Crippen LogP) is 8.50. The highest BCUT2D eigenvalue weighted by Gasteiger charge is 2.26. The second-order valence-electron chi connectivity index (χ2n) is 16.7. The van der Waals surface area contributed by atoms with Gasteiger partial charge in [0, 0.05) is 51.2 Å². The Morgan fingerprint density at radius 2 is 1.26 bits per heavy atom. The first kappa shape index (κ1) is 51.9. The average molecular weight is 974 g/mol. The van der Waals surface area contributed by atoms with Crippen LogP contribution in [-0.4, -0.2) is 122 Å². The predicted molar refractivity (Wildman–Crippen MR) is 261 cm³/mol. The Balaban J connectivity index is 0.000000189. The molecule has 2 saturated heterocycles. The lowest BCUT2D eigenvalue weighted by Crippen LogP contribution is -2.41. The van der Waals surface area contributed by atoms with Crippen LogP contribution in [-0.2, 0) is 18.9 Å². The van der Waals surface area contributed by atoms with E-state index in [0.29, 0.717) is 67.6 Å². The number of anilines is 1. The van der Waals surface area contributed by atoms with Crippen molar-refractivity contribution < 1.29 is 47.5 Å². The molecule has 0 bridgehead atoms. The van der Waals surface area contributed by atoms with Gasteiger partial charge in [-0.05, 0) is 124 Å². The number of aromatic hydroxyl groups is 2. The Kier molecular flexibility index (Phi) is 19.4. The van der Waals surface area contributed by atoms with Crippen molar-refractivity contribution in [2.45, 2.75) is 39.5 Å². The van der Waals surface area contributed by atoms with Crippen molar-refractivity contribution in [2.24, 2.45) is 11.8 Å². The summed E-state index contributed by atoms with van der Waals surface area (Å²) in [4.78, 5) is 42.9. The Morgan fingerprint density at radius 3 is 1.81 bits per heavy atom. The number of methoxy groups -OCH3 is 2. The molecule has 0 radical (unpaired) electrons. The zero-order valence-electron chi connectivity index (χ0n) is 39.2. The Morgan fingerprint density at radius 1 is 0.725 bits per heavy atom. The van der Waals surface area contributed by atoms with Gasteiger partial charge in [-0.15, -0.1) is 0 Å². The van der Waals surface area contributed by atoms with Crippen molar-refractivity contribution in [1.82, 2.24) is 35.9 Å². The van der Waals surface area contributed by atoms with Crippen LogP contribution in [0.1, 0.15) is 36.8 Å². The van der Waals surface area contributed by atoms with Crippen LogP contribution in [0.25, 0.3) is 44.6 Å². The number of alkyl carbamates (subject to hydrolysis) is 2. The third kappa shape index (κ3) is 14.8. The van der Waals surface area contributed by atoms with Crippen LogP contribution in [0.5, 0.6) is 11.5 Å². The van der Waals surface area contributed by atoms with E-state index >= 15 is 0 Å². The minimum absolute atomic E-state index is 0.0128. The summed E-state index contributed by atoms with van der Waals surface area (Å²) >= 11 is 6.11. The minimum Gasteiger partial charge on any atom is -0.507 e. The number of nitrogens with one attached hydrogen (secondary N) is 3. The van der Waals surface area contributed by atoms with Crippen LogP contribution in [0.3, 0.4) is 0 Å². The first-order valence-electron chi connectivity index (χ1n) is 22.8. The van der Waals surface area contributed by atoms with Gasteiger partial charge in [0.25, 0.3) is 0 Å². The van der Waals surface area contributed by atoms with Gasteiger partial charge in [-0.25, -0.2) is 38.3 Å².